The number of nitrogens with zero attached hydrogens (tertiary/aromatic N) is 1. The molecule has 0 aliphatic rings. The van der Waals surface area contributed by atoms with Crippen LogP contribution in [0.3, 0.4) is 0 Å². The van der Waals surface area contributed by atoms with E-state index in [1.807, 2.05) is 43.3 Å². The Morgan fingerprint density at radius 3 is 2.24 bits per heavy atom. The fourth-order valence-corrected chi connectivity index (χ4v) is 5.41. The molecule has 0 saturated carbocycles. The van der Waals surface area contributed by atoms with E-state index < -0.39 is 6.04 Å². The number of thioether (sulfide) groups is 1. The van der Waals surface area contributed by atoms with Gasteiger partial charge in [-0.05, 0) is 49.1 Å². The Kier molecular flexibility index (Phi) is 11.4. The summed E-state index contributed by atoms with van der Waals surface area (Å²) in [7, 11) is 0. The van der Waals surface area contributed by atoms with E-state index in [2.05, 4.69) is 37.4 Å². The van der Waals surface area contributed by atoms with Crippen molar-refractivity contribution in [2.24, 2.45) is 0 Å². The molecule has 0 aliphatic carbocycles. The van der Waals surface area contributed by atoms with Gasteiger partial charge in [-0.3, -0.25) is 9.59 Å². The molecule has 196 valence electrons. The van der Waals surface area contributed by atoms with Gasteiger partial charge in [-0.15, -0.1) is 11.8 Å². The molecule has 7 heteroatoms. The minimum absolute atomic E-state index is 0.0898. The average molecular weight is 558 g/mol. The van der Waals surface area contributed by atoms with Crippen molar-refractivity contribution < 1.29 is 9.59 Å². The number of hydrogen-bond acceptors (Lipinski definition) is 3. The summed E-state index contributed by atoms with van der Waals surface area (Å²) in [5, 5.41) is 3.88. The first kappa shape index (κ1) is 29.1. The molecule has 0 aromatic heterocycles. The van der Waals surface area contributed by atoms with Crippen LogP contribution in [0.25, 0.3) is 0 Å². The number of rotatable bonds is 12. The van der Waals surface area contributed by atoms with Crippen molar-refractivity contribution in [1.29, 1.82) is 0 Å². The van der Waals surface area contributed by atoms with Gasteiger partial charge in [-0.25, -0.2) is 0 Å². The van der Waals surface area contributed by atoms with Crippen LogP contribution in [-0.4, -0.2) is 35.1 Å². The Labute approximate surface area is 234 Å². The lowest BCUT2D eigenvalue weighted by atomic mass is 10.0. The van der Waals surface area contributed by atoms with E-state index >= 15 is 0 Å². The summed E-state index contributed by atoms with van der Waals surface area (Å²) in [5.74, 6) is 0.743. The highest BCUT2D eigenvalue weighted by Crippen LogP contribution is 2.25. The fraction of sp³-hybridized carbons (Fsp3) is 0.333. The first-order valence-corrected chi connectivity index (χ1v) is 14.4. The zero-order valence-electron chi connectivity index (χ0n) is 21.6. The summed E-state index contributed by atoms with van der Waals surface area (Å²) in [6.07, 6.45) is 1.24. The zero-order valence-corrected chi connectivity index (χ0v) is 23.9. The molecule has 0 unspecified atom stereocenters. The maximum atomic E-state index is 13.7. The first-order valence-electron chi connectivity index (χ1n) is 12.5. The number of carbonyl (C=O) groups excluding carboxylic acids is 2. The molecule has 0 saturated heterocycles. The predicted molar refractivity (Wildman–Crippen MR) is 156 cm³/mol. The van der Waals surface area contributed by atoms with Gasteiger partial charge in [0.1, 0.15) is 6.04 Å². The van der Waals surface area contributed by atoms with Crippen molar-refractivity contribution in [2.45, 2.75) is 52.0 Å². The molecule has 37 heavy (non-hydrogen) atoms. The van der Waals surface area contributed by atoms with Gasteiger partial charge < -0.3 is 10.2 Å². The average Bonchev–Trinajstić information content (AvgIpc) is 2.86. The molecular weight excluding hydrogens is 523 g/mol. The van der Waals surface area contributed by atoms with Gasteiger partial charge in [0.2, 0.25) is 11.8 Å². The fourth-order valence-electron chi connectivity index (χ4n) is 4.25. The number of halogens is 2. The standard InChI is InChI=1S/C30H34Cl2N2O2S/c1-4-12-33-30(36)28(17-23-8-6-5-7-9-23)34(18-24-10-11-26(31)27(32)16-24)29(35)20-37-19-25-14-21(2)13-22(3)15-25/h5-11,13-16,28H,4,12,17-20H2,1-3H3,(H,33,36)/t28-/m0/s1. The summed E-state index contributed by atoms with van der Waals surface area (Å²) < 4.78 is 0. The second-order valence-corrected chi connectivity index (χ2v) is 11.1. The molecule has 0 heterocycles. The van der Waals surface area contributed by atoms with Crippen LogP contribution < -0.4 is 5.32 Å². The van der Waals surface area contributed by atoms with Gasteiger partial charge in [-0.2, -0.15) is 0 Å². The lowest BCUT2D eigenvalue weighted by Crippen LogP contribution is -2.51. The first-order chi connectivity index (χ1) is 17.8. The molecule has 0 bridgehead atoms. The van der Waals surface area contributed by atoms with Crippen LogP contribution in [0.1, 0.15) is 41.2 Å². The number of amides is 2. The third-order valence-electron chi connectivity index (χ3n) is 5.93. The van der Waals surface area contributed by atoms with E-state index in [4.69, 9.17) is 23.2 Å². The molecule has 4 nitrogen and oxygen atoms in total. The van der Waals surface area contributed by atoms with E-state index in [1.165, 1.54) is 16.7 Å². The summed E-state index contributed by atoms with van der Waals surface area (Å²) in [4.78, 5) is 28.8. The van der Waals surface area contributed by atoms with Crippen LogP contribution in [0.5, 0.6) is 0 Å². The molecule has 2 amide bonds. The van der Waals surface area contributed by atoms with Gasteiger partial charge >= 0.3 is 0 Å². The monoisotopic (exact) mass is 556 g/mol. The van der Waals surface area contributed by atoms with Crippen molar-refractivity contribution in [3.8, 4) is 0 Å². The Morgan fingerprint density at radius 2 is 1.59 bits per heavy atom. The molecule has 1 N–H and O–H groups in total. The Balaban J connectivity index is 1.86. The SMILES string of the molecule is CCCNC(=O)[C@H](Cc1ccccc1)N(Cc1ccc(Cl)c(Cl)c1)C(=O)CSCc1cc(C)cc(C)c1. The molecular formula is C30H34Cl2N2O2S. The van der Waals surface area contributed by atoms with Crippen LogP contribution >= 0.6 is 35.0 Å². The molecule has 0 radical (unpaired) electrons. The van der Waals surface area contributed by atoms with Gasteiger partial charge in [0, 0.05) is 25.3 Å². The maximum Gasteiger partial charge on any atom is 0.243 e. The minimum Gasteiger partial charge on any atom is -0.354 e. The van der Waals surface area contributed by atoms with Gasteiger partial charge in [0.15, 0.2) is 0 Å². The Bertz CT molecular complexity index is 1180. The van der Waals surface area contributed by atoms with E-state index in [-0.39, 0.29) is 24.1 Å². The molecule has 1 atom stereocenters. The second-order valence-electron chi connectivity index (χ2n) is 9.26. The van der Waals surface area contributed by atoms with E-state index in [0.29, 0.717) is 23.0 Å². The Hall–Kier alpha value is -2.47. The largest absolute Gasteiger partial charge is 0.354 e. The summed E-state index contributed by atoms with van der Waals surface area (Å²) in [6, 6.07) is 20.9. The lowest BCUT2D eigenvalue weighted by molar-refractivity contribution is -0.139. The van der Waals surface area contributed by atoms with E-state index in [1.54, 1.807) is 28.8 Å². The second kappa shape index (κ2) is 14.5. The van der Waals surface area contributed by atoms with Crippen LogP contribution in [0.4, 0.5) is 0 Å². The van der Waals surface area contributed by atoms with Crippen LogP contribution in [0.15, 0.2) is 66.7 Å². The lowest BCUT2D eigenvalue weighted by Gasteiger charge is -2.31. The third kappa shape index (κ3) is 9.10. The number of aryl methyl sites for hydroxylation is 2. The van der Waals surface area contributed by atoms with Crippen molar-refractivity contribution in [3.05, 3.63) is 105 Å². The molecule has 0 spiro atoms. The van der Waals surface area contributed by atoms with E-state index in [0.717, 1.165) is 23.3 Å². The molecule has 0 fully saturated rings. The van der Waals surface area contributed by atoms with Crippen molar-refractivity contribution >= 4 is 46.8 Å². The zero-order chi connectivity index (χ0) is 26.8. The summed E-state index contributed by atoms with van der Waals surface area (Å²) in [5.41, 5.74) is 5.42. The highest BCUT2D eigenvalue weighted by Gasteiger charge is 2.30. The number of carbonyl (C=O) groups is 2. The molecule has 0 aliphatic heterocycles. The van der Waals surface area contributed by atoms with Gasteiger partial charge in [0.05, 0.1) is 15.8 Å². The van der Waals surface area contributed by atoms with Crippen molar-refractivity contribution in [2.75, 3.05) is 12.3 Å². The third-order valence-corrected chi connectivity index (χ3v) is 7.66. The predicted octanol–water partition coefficient (Wildman–Crippen LogP) is 7.01. The Morgan fingerprint density at radius 1 is 0.892 bits per heavy atom. The topological polar surface area (TPSA) is 49.4 Å². The molecule has 3 aromatic carbocycles. The highest BCUT2D eigenvalue weighted by molar-refractivity contribution is 7.99. The van der Waals surface area contributed by atoms with Gasteiger partial charge in [0.25, 0.3) is 0 Å². The number of benzene rings is 3. The highest BCUT2D eigenvalue weighted by atomic mass is 35.5. The minimum atomic E-state index is -0.655. The number of nitrogens with one attached hydrogen (secondary N) is 1. The number of hydrogen-bond donors (Lipinski definition) is 1. The summed E-state index contributed by atoms with van der Waals surface area (Å²) in [6.45, 7) is 6.98. The quantitative estimate of drug-likeness (QED) is 0.261. The van der Waals surface area contributed by atoms with Crippen LogP contribution in [-0.2, 0) is 28.3 Å². The van der Waals surface area contributed by atoms with Crippen molar-refractivity contribution in [3.63, 3.8) is 0 Å². The normalized spacial score (nSPS) is 11.7. The summed E-state index contributed by atoms with van der Waals surface area (Å²) >= 11 is 14.0. The smallest absolute Gasteiger partial charge is 0.243 e. The maximum absolute atomic E-state index is 13.7. The molecule has 3 aromatic rings. The van der Waals surface area contributed by atoms with Crippen LogP contribution in [0.2, 0.25) is 10.0 Å². The van der Waals surface area contributed by atoms with E-state index in [9.17, 15) is 9.59 Å². The van der Waals surface area contributed by atoms with Gasteiger partial charge in [-0.1, -0.05) is 95.8 Å². The van der Waals surface area contributed by atoms with Crippen LogP contribution in [0, 0.1) is 13.8 Å². The molecule has 3 rings (SSSR count). The van der Waals surface area contributed by atoms with Crippen molar-refractivity contribution in [1.82, 2.24) is 10.2 Å².